The average molecular weight is 241 g/mol. The standard InChI is InChI=1S/C12H16N2O.ClH/c1-3-4-10-5-7-11(8-6-10)14-12(15)9(2)13;/h3-9H,13H2,1-2H3,(H,14,15);1H/b4-3+;/t9-;/m1./s1. The number of hydrogen-bond donors (Lipinski definition) is 2. The van der Waals surface area contributed by atoms with Crippen LogP contribution in [0.5, 0.6) is 0 Å². The normalized spacial score (nSPS) is 11.9. The van der Waals surface area contributed by atoms with Crippen molar-refractivity contribution in [3.8, 4) is 0 Å². The van der Waals surface area contributed by atoms with Crippen molar-refractivity contribution in [1.82, 2.24) is 0 Å². The van der Waals surface area contributed by atoms with Crippen molar-refractivity contribution < 1.29 is 22.9 Å². The van der Waals surface area contributed by atoms with Crippen molar-refractivity contribution in [1.29, 1.82) is 0 Å². The predicted molar refractivity (Wildman–Crippen MR) is 62.1 cm³/mol. The van der Waals surface area contributed by atoms with Crippen molar-refractivity contribution in [2.45, 2.75) is 19.9 Å². The van der Waals surface area contributed by atoms with Gasteiger partial charge in [0.05, 0.1) is 0 Å². The predicted octanol–water partition coefficient (Wildman–Crippen LogP) is -1.71. The molecular formula is C12H17ClN2O. The quantitative estimate of drug-likeness (QED) is 0.650. The van der Waals surface area contributed by atoms with E-state index < -0.39 is 0 Å². The molecule has 0 aliphatic rings. The van der Waals surface area contributed by atoms with Gasteiger partial charge in [-0.2, -0.15) is 0 Å². The SMILES string of the molecule is C/C=C/c1ccc(NC(=O)[C@@H](C)[NH3+])cc1.[Cl-]. The second kappa shape index (κ2) is 7.04. The van der Waals surface area contributed by atoms with E-state index in [1.54, 1.807) is 6.92 Å². The highest BCUT2D eigenvalue weighted by molar-refractivity contribution is 5.93. The molecule has 0 saturated heterocycles. The molecule has 0 fully saturated rings. The lowest BCUT2D eigenvalue weighted by Gasteiger charge is -2.05. The highest BCUT2D eigenvalue weighted by Crippen LogP contribution is 2.10. The zero-order valence-corrected chi connectivity index (χ0v) is 10.3. The van der Waals surface area contributed by atoms with Crippen LogP contribution in [0.15, 0.2) is 30.3 Å². The lowest BCUT2D eigenvalue weighted by atomic mass is 10.2. The van der Waals surface area contributed by atoms with Gasteiger partial charge >= 0.3 is 0 Å². The first-order valence-corrected chi connectivity index (χ1v) is 5.00. The Labute approximate surface area is 102 Å². The maximum absolute atomic E-state index is 11.3. The molecule has 0 radical (unpaired) electrons. The van der Waals surface area contributed by atoms with Gasteiger partial charge < -0.3 is 23.5 Å². The Balaban J connectivity index is 0.00000225. The molecule has 1 amide bonds. The molecule has 88 valence electrons. The Morgan fingerprint density at radius 2 is 1.94 bits per heavy atom. The minimum Gasteiger partial charge on any atom is -1.00 e. The molecule has 0 spiro atoms. The van der Waals surface area contributed by atoms with Gasteiger partial charge in [-0.1, -0.05) is 24.3 Å². The maximum Gasteiger partial charge on any atom is 0.282 e. The third-order valence-corrected chi connectivity index (χ3v) is 1.98. The van der Waals surface area contributed by atoms with E-state index in [-0.39, 0.29) is 24.4 Å². The summed E-state index contributed by atoms with van der Waals surface area (Å²) in [6.07, 6.45) is 3.99. The van der Waals surface area contributed by atoms with Crippen LogP contribution in [0.1, 0.15) is 19.4 Å². The van der Waals surface area contributed by atoms with E-state index in [0.717, 1.165) is 11.3 Å². The van der Waals surface area contributed by atoms with E-state index in [0.29, 0.717) is 0 Å². The van der Waals surface area contributed by atoms with Gasteiger partial charge in [0.25, 0.3) is 5.91 Å². The van der Waals surface area contributed by atoms with Gasteiger partial charge in [0.2, 0.25) is 0 Å². The van der Waals surface area contributed by atoms with Crippen LogP contribution < -0.4 is 23.5 Å². The lowest BCUT2D eigenvalue weighted by Crippen LogP contribution is -3.00. The topological polar surface area (TPSA) is 56.7 Å². The molecular weight excluding hydrogens is 224 g/mol. The number of carbonyl (C=O) groups excluding carboxylic acids is 1. The molecule has 3 nitrogen and oxygen atoms in total. The number of anilines is 1. The van der Waals surface area contributed by atoms with Gasteiger partial charge in [0, 0.05) is 5.69 Å². The van der Waals surface area contributed by atoms with Crippen LogP contribution in [-0.4, -0.2) is 11.9 Å². The van der Waals surface area contributed by atoms with Crippen LogP contribution in [0.25, 0.3) is 6.08 Å². The molecule has 16 heavy (non-hydrogen) atoms. The van der Waals surface area contributed by atoms with E-state index in [1.807, 2.05) is 43.3 Å². The molecule has 1 rings (SSSR count). The fraction of sp³-hybridized carbons (Fsp3) is 0.250. The number of quaternary nitrogens is 1. The minimum absolute atomic E-state index is 0. The van der Waals surface area contributed by atoms with Crippen molar-refractivity contribution in [2.75, 3.05) is 5.32 Å². The van der Waals surface area contributed by atoms with Crippen LogP contribution in [0.2, 0.25) is 0 Å². The largest absolute Gasteiger partial charge is 1.00 e. The lowest BCUT2D eigenvalue weighted by molar-refractivity contribution is -0.396. The maximum atomic E-state index is 11.3. The third-order valence-electron chi connectivity index (χ3n) is 1.98. The van der Waals surface area contributed by atoms with Crippen molar-refractivity contribution in [3.05, 3.63) is 35.9 Å². The number of halogens is 1. The van der Waals surface area contributed by atoms with Gasteiger partial charge in [-0.25, -0.2) is 0 Å². The van der Waals surface area contributed by atoms with Crippen molar-refractivity contribution >= 4 is 17.7 Å². The summed E-state index contributed by atoms with van der Waals surface area (Å²) in [4.78, 5) is 11.3. The molecule has 1 atom stereocenters. The monoisotopic (exact) mass is 240 g/mol. The van der Waals surface area contributed by atoms with Gasteiger partial charge in [-0.15, -0.1) is 0 Å². The average Bonchev–Trinajstić information content (AvgIpc) is 2.21. The van der Waals surface area contributed by atoms with Crippen LogP contribution in [0, 0.1) is 0 Å². The molecule has 0 aliphatic carbocycles. The summed E-state index contributed by atoms with van der Waals surface area (Å²) in [6.45, 7) is 3.74. The number of allylic oxidation sites excluding steroid dienone is 1. The summed E-state index contributed by atoms with van der Waals surface area (Å²) in [7, 11) is 0. The van der Waals surface area contributed by atoms with Crippen LogP contribution >= 0.6 is 0 Å². The van der Waals surface area contributed by atoms with Gasteiger partial charge in [0.1, 0.15) is 0 Å². The first-order chi connectivity index (χ1) is 7.13. The van der Waals surface area contributed by atoms with E-state index in [2.05, 4.69) is 11.1 Å². The third kappa shape index (κ3) is 4.47. The second-order valence-electron chi connectivity index (χ2n) is 3.51. The molecule has 0 aromatic heterocycles. The Bertz CT molecular complexity index is 358. The van der Waals surface area contributed by atoms with E-state index in [4.69, 9.17) is 0 Å². The summed E-state index contributed by atoms with van der Waals surface area (Å²) in [6, 6.07) is 7.46. The summed E-state index contributed by atoms with van der Waals surface area (Å²) in [5, 5.41) is 2.79. The van der Waals surface area contributed by atoms with Crippen LogP contribution in [-0.2, 0) is 4.79 Å². The van der Waals surface area contributed by atoms with E-state index >= 15 is 0 Å². The number of hydrogen-bond acceptors (Lipinski definition) is 1. The Kier molecular flexibility index (Phi) is 6.46. The summed E-state index contributed by atoms with van der Waals surface area (Å²) < 4.78 is 0. The fourth-order valence-electron chi connectivity index (χ4n) is 1.14. The molecule has 0 saturated carbocycles. The van der Waals surface area contributed by atoms with E-state index in [1.165, 1.54) is 0 Å². The van der Waals surface area contributed by atoms with Crippen molar-refractivity contribution in [2.24, 2.45) is 0 Å². The van der Waals surface area contributed by atoms with Crippen molar-refractivity contribution in [3.63, 3.8) is 0 Å². The molecule has 0 aliphatic heterocycles. The molecule has 4 heteroatoms. The summed E-state index contributed by atoms with van der Waals surface area (Å²) >= 11 is 0. The molecule has 1 aromatic carbocycles. The first kappa shape index (κ1) is 14.7. The first-order valence-electron chi connectivity index (χ1n) is 5.00. The van der Waals surface area contributed by atoms with Crippen LogP contribution in [0.4, 0.5) is 5.69 Å². The minimum atomic E-state index is -0.236. The molecule has 0 heterocycles. The zero-order valence-electron chi connectivity index (χ0n) is 9.53. The molecule has 0 unspecified atom stereocenters. The fourth-order valence-corrected chi connectivity index (χ4v) is 1.14. The van der Waals surface area contributed by atoms with Gasteiger partial charge in [-0.3, -0.25) is 4.79 Å². The van der Waals surface area contributed by atoms with E-state index in [9.17, 15) is 4.79 Å². The highest BCUT2D eigenvalue weighted by atomic mass is 35.5. The Morgan fingerprint density at radius 3 is 2.38 bits per heavy atom. The highest BCUT2D eigenvalue weighted by Gasteiger charge is 2.09. The Hall–Kier alpha value is -1.32. The number of amides is 1. The number of rotatable bonds is 3. The second-order valence-corrected chi connectivity index (χ2v) is 3.51. The number of benzene rings is 1. The summed E-state index contributed by atoms with van der Waals surface area (Å²) in [5.41, 5.74) is 5.59. The van der Waals surface area contributed by atoms with Gasteiger partial charge in [-0.05, 0) is 31.5 Å². The Morgan fingerprint density at radius 1 is 1.38 bits per heavy atom. The van der Waals surface area contributed by atoms with Gasteiger partial charge in [0.15, 0.2) is 6.04 Å². The molecule has 4 N–H and O–H groups in total. The zero-order chi connectivity index (χ0) is 11.3. The summed E-state index contributed by atoms with van der Waals surface area (Å²) in [5.74, 6) is -0.0613. The van der Waals surface area contributed by atoms with Crippen LogP contribution in [0.3, 0.4) is 0 Å². The molecule has 1 aromatic rings. The smallest absolute Gasteiger partial charge is 0.282 e. The molecule has 0 bridgehead atoms. The number of nitrogens with one attached hydrogen (secondary N) is 1. The number of carbonyl (C=O) groups is 1.